The molecule has 0 heterocycles. The lowest BCUT2D eigenvalue weighted by Gasteiger charge is -2.04. The Bertz CT molecular complexity index is 531. The van der Waals surface area contributed by atoms with Gasteiger partial charge in [0.05, 0.1) is 17.7 Å². The molecule has 0 aliphatic heterocycles. The molecule has 1 atom stereocenters. The van der Waals surface area contributed by atoms with Crippen LogP contribution in [0.3, 0.4) is 0 Å². The maximum atomic E-state index is 10.5. The monoisotopic (exact) mass is 312 g/mol. The van der Waals surface area contributed by atoms with Crippen LogP contribution in [0.1, 0.15) is 34.6 Å². The Balaban J connectivity index is 0.000000409. The number of hydrogen-bond donors (Lipinski definition) is 3. The highest BCUT2D eigenvalue weighted by atomic mass is 16.5. The molecule has 0 bridgehead atoms. The van der Waals surface area contributed by atoms with Gasteiger partial charge in [0.2, 0.25) is 6.10 Å². The summed E-state index contributed by atoms with van der Waals surface area (Å²) in [6.07, 6.45) is -1.61. The fraction of sp³-hybridized carbons (Fsp3) is 0.286. The van der Waals surface area contributed by atoms with Crippen LogP contribution in [0.5, 0.6) is 0 Å². The van der Waals surface area contributed by atoms with E-state index in [0.717, 1.165) is 6.92 Å². The van der Waals surface area contributed by atoms with Crippen LogP contribution in [0, 0.1) is 0 Å². The number of aliphatic hydroxyl groups is 1. The van der Waals surface area contributed by atoms with Gasteiger partial charge in [-0.1, -0.05) is 12.1 Å². The first-order chi connectivity index (χ1) is 10.2. The molecular formula is C14H16O8. The number of carbonyl (C=O) groups excluding carboxylic acids is 2. The third kappa shape index (κ3) is 6.14. The van der Waals surface area contributed by atoms with Gasteiger partial charge in [0.15, 0.2) is 5.78 Å². The maximum Gasteiger partial charge on any atom is 0.342 e. The van der Waals surface area contributed by atoms with E-state index in [2.05, 4.69) is 4.74 Å². The first kappa shape index (κ1) is 19.3. The number of carbonyl (C=O) groups is 4. The number of esters is 1. The first-order valence-electron chi connectivity index (χ1n) is 6.13. The van der Waals surface area contributed by atoms with E-state index in [4.69, 9.17) is 15.3 Å². The van der Waals surface area contributed by atoms with E-state index in [-0.39, 0.29) is 17.7 Å². The van der Waals surface area contributed by atoms with E-state index in [1.165, 1.54) is 24.3 Å². The number of benzene rings is 1. The number of carboxylic acids is 2. The summed E-state index contributed by atoms with van der Waals surface area (Å²) in [4.78, 5) is 41.7. The van der Waals surface area contributed by atoms with E-state index >= 15 is 0 Å². The molecule has 3 N–H and O–H groups in total. The molecule has 8 heteroatoms. The summed E-state index contributed by atoms with van der Waals surface area (Å²) in [5.41, 5.74) is -0.380. The minimum atomic E-state index is -1.61. The molecule has 1 rings (SSSR count). The summed E-state index contributed by atoms with van der Waals surface area (Å²) in [6, 6.07) is 5.48. The average molecular weight is 312 g/mol. The van der Waals surface area contributed by atoms with Crippen LogP contribution in [0.4, 0.5) is 0 Å². The Kier molecular flexibility index (Phi) is 8.09. The minimum absolute atomic E-state index is 0.170. The largest absolute Gasteiger partial charge is 0.478 e. The van der Waals surface area contributed by atoms with Crippen molar-refractivity contribution in [2.24, 2.45) is 0 Å². The van der Waals surface area contributed by atoms with E-state index in [0.29, 0.717) is 0 Å². The van der Waals surface area contributed by atoms with E-state index in [1.807, 2.05) is 0 Å². The van der Waals surface area contributed by atoms with Gasteiger partial charge in [-0.05, 0) is 26.0 Å². The molecule has 0 aliphatic carbocycles. The zero-order valence-electron chi connectivity index (χ0n) is 12.0. The molecule has 22 heavy (non-hydrogen) atoms. The number of Topliss-reactive ketones (excluding diaryl/α,β-unsaturated/α-hetero) is 1. The van der Waals surface area contributed by atoms with Crippen molar-refractivity contribution in [1.82, 2.24) is 0 Å². The van der Waals surface area contributed by atoms with Crippen LogP contribution < -0.4 is 0 Å². The van der Waals surface area contributed by atoms with Gasteiger partial charge < -0.3 is 20.1 Å². The van der Waals surface area contributed by atoms with Gasteiger partial charge in [-0.15, -0.1) is 0 Å². The molecule has 0 saturated carbocycles. The molecule has 1 aromatic carbocycles. The lowest BCUT2D eigenvalue weighted by molar-refractivity contribution is -0.156. The zero-order valence-corrected chi connectivity index (χ0v) is 12.0. The van der Waals surface area contributed by atoms with Gasteiger partial charge in [-0.25, -0.2) is 14.4 Å². The van der Waals surface area contributed by atoms with Crippen molar-refractivity contribution in [3.8, 4) is 0 Å². The van der Waals surface area contributed by atoms with Crippen LogP contribution in [-0.4, -0.2) is 51.7 Å². The van der Waals surface area contributed by atoms with Crippen molar-refractivity contribution in [2.75, 3.05) is 6.61 Å². The Morgan fingerprint density at radius 2 is 1.45 bits per heavy atom. The van der Waals surface area contributed by atoms with Crippen molar-refractivity contribution in [3.63, 3.8) is 0 Å². The van der Waals surface area contributed by atoms with Crippen molar-refractivity contribution in [2.45, 2.75) is 20.0 Å². The van der Waals surface area contributed by atoms with Crippen molar-refractivity contribution in [1.29, 1.82) is 0 Å². The summed E-state index contributed by atoms with van der Waals surface area (Å²) in [5, 5.41) is 25.8. The predicted molar refractivity (Wildman–Crippen MR) is 73.7 cm³/mol. The number of ether oxygens (including phenoxy) is 1. The van der Waals surface area contributed by atoms with E-state index < -0.39 is 29.8 Å². The van der Waals surface area contributed by atoms with E-state index in [1.54, 1.807) is 6.92 Å². The van der Waals surface area contributed by atoms with Crippen molar-refractivity contribution in [3.05, 3.63) is 35.4 Å². The molecule has 8 nitrogen and oxygen atoms in total. The van der Waals surface area contributed by atoms with E-state index in [9.17, 15) is 19.2 Å². The van der Waals surface area contributed by atoms with Gasteiger partial charge in [0.25, 0.3) is 0 Å². The lowest BCUT2D eigenvalue weighted by atomic mass is 10.1. The fourth-order valence-electron chi connectivity index (χ4n) is 1.24. The topological polar surface area (TPSA) is 138 Å². The van der Waals surface area contributed by atoms with Gasteiger partial charge in [0, 0.05) is 0 Å². The number of hydrogen-bond acceptors (Lipinski definition) is 6. The molecule has 0 spiro atoms. The third-order valence-electron chi connectivity index (χ3n) is 2.28. The second-order valence-electron chi connectivity index (χ2n) is 3.92. The number of carboxylic acid groups (broad SMARTS) is 2. The molecule has 0 radical (unpaired) electrons. The lowest BCUT2D eigenvalue weighted by Crippen LogP contribution is -2.29. The second kappa shape index (κ2) is 9.24. The minimum Gasteiger partial charge on any atom is -0.478 e. The number of ketones is 1. The van der Waals surface area contributed by atoms with Crippen molar-refractivity contribution < 1.29 is 39.2 Å². The number of aromatic carboxylic acids is 2. The summed E-state index contributed by atoms with van der Waals surface area (Å²) in [7, 11) is 0. The normalized spacial score (nSPS) is 10.7. The molecule has 0 amide bonds. The second-order valence-corrected chi connectivity index (χ2v) is 3.92. The molecule has 1 unspecified atom stereocenters. The van der Waals surface area contributed by atoms with Crippen LogP contribution in [0.15, 0.2) is 24.3 Å². The number of rotatable bonds is 5. The Morgan fingerprint density at radius 3 is 1.73 bits per heavy atom. The highest BCUT2D eigenvalue weighted by molar-refractivity contribution is 6.01. The predicted octanol–water partition coefficient (Wildman–Crippen LogP) is 0.582. The van der Waals surface area contributed by atoms with Crippen LogP contribution in [0.25, 0.3) is 0 Å². The number of aliphatic hydroxyl groups excluding tert-OH is 1. The van der Waals surface area contributed by atoms with Gasteiger partial charge in [-0.2, -0.15) is 0 Å². The SMILES string of the molecule is CCOC(=O)C(O)C(C)=O.O=C(O)c1ccccc1C(=O)O. The highest BCUT2D eigenvalue weighted by Gasteiger charge is 2.20. The molecule has 0 saturated heterocycles. The zero-order chi connectivity index (χ0) is 17.3. The molecule has 0 aromatic heterocycles. The quantitative estimate of drug-likeness (QED) is 0.530. The van der Waals surface area contributed by atoms with Gasteiger partial charge in [-0.3, -0.25) is 4.79 Å². The average Bonchev–Trinajstić information content (AvgIpc) is 2.47. The fourth-order valence-corrected chi connectivity index (χ4v) is 1.24. The van der Waals surface area contributed by atoms with Crippen LogP contribution in [-0.2, 0) is 14.3 Å². The van der Waals surface area contributed by atoms with Crippen LogP contribution in [0.2, 0.25) is 0 Å². The maximum absolute atomic E-state index is 10.5. The summed E-state index contributed by atoms with van der Waals surface area (Å²) >= 11 is 0. The van der Waals surface area contributed by atoms with Gasteiger partial charge in [0.1, 0.15) is 0 Å². The van der Waals surface area contributed by atoms with Crippen LogP contribution >= 0.6 is 0 Å². The molecular weight excluding hydrogens is 296 g/mol. The van der Waals surface area contributed by atoms with Gasteiger partial charge >= 0.3 is 17.9 Å². The molecule has 0 fully saturated rings. The molecule has 120 valence electrons. The smallest absolute Gasteiger partial charge is 0.342 e. The standard InChI is InChI=1S/C8H6O4.C6H10O4/c9-7(10)5-3-1-2-4-6(5)8(11)12;1-3-10-6(9)5(8)4(2)7/h1-4H,(H,9,10)(H,11,12);5,8H,3H2,1-2H3. The molecule has 0 aliphatic rings. The first-order valence-corrected chi connectivity index (χ1v) is 6.13. The van der Waals surface area contributed by atoms with Crippen molar-refractivity contribution >= 4 is 23.7 Å². The highest BCUT2D eigenvalue weighted by Crippen LogP contribution is 2.07. The summed E-state index contributed by atoms with van der Waals surface area (Å²) in [5.74, 6) is -3.94. The Morgan fingerprint density at radius 1 is 1.05 bits per heavy atom. The third-order valence-corrected chi connectivity index (χ3v) is 2.28. The molecule has 1 aromatic rings. The summed E-state index contributed by atoms with van der Waals surface area (Å²) in [6.45, 7) is 2.90. The summed E-state index contributed by atoms with van der Waals surface area (Å²) < 4.78 is 4.36. The Labute approximate surface area is 125 Å². The Hall–Kier alpha value is -2.74.